The Morgan fingerprint density at radius 1 is 1.03 bits per heavy atom. The van der Waals surface area contributed by atoms with E-state index >= 15 is 0 Å². The van der Waals surface area contributed by atoms with Gasteiger partial charge < -0.3 is 20.4 Å². The number of amides is 1. The van der Waals surface area contributed by atoms with E-state index in [2.05, 4.69) is 26.1 Å². The quantitative estimate of drug-likeness (QED) is 0.387. The summed E-state index contributed by atoms with van der Waals surface area (Å²) in [6, 6.07) is 6.53. The molecule has 0 saturated heterocycles. The van der Waals surface area contributed by atoms with Gasteiger partial charge in [0.15, 0.2) is 11.6 Å². The number of hydrogen-bond donors (Lipinski definition) is 3. The highest BCUT2D eigenvalue weighted by molar-refractivity contribution is 5.78. The van der Waals surface area contributed by atoms with Crippen molar-refractivity contribution in [2.24, 2.45) is 5.92 Å². The average molecular weight is 464 g/mol. The second-order valence-electron chi connectivity index (χ2n) is 7.18. The molecule has 178 valence electrons. The first-order valence-corrected chi connectivity index (χ1v) is 10.6. The predicted molar refractivity (Wildman–Crippen MR) is 122 cm³/mol. The molecule has 1 amide bonds. The van der Waals surface area contributed by atoms with Gasteiger partial charge in [0.2, 0.25) is 5.91 Å². The van der Waals surface area contributed by atoms with Crippen LogP contribution in [0.4, 0.5) is 30.6 Å². The second-order valence-corrected chi connectivity index (χ2v) is 7.18. The zero-order chi connectivity index (χ0) is 24.5. The molecule has 0 aliphatic heterocycles. The minimum absolute atomic E-state index is 0.0323. The van der Waals surface area contributed by atoms with Gasteiger partial charge in [0, 0.05) is 19.0 Å². The monoisotopic (exact) mass is 463 g/mol. The molecule has 0 bridgehead atoms. The lowest BCUT2D eigenvalue weighted by Crippen LogP contribution is -2.31. The van der Waals surface area contributed by atoms with Crippen molar-refractivity contribution in [3.8, 4) is 11.5 Å². The van der Waals surface area contributed by atoms with E-state index in [1.165, 1.54) is 18.2 Å². The summed E-state index contributed by atoms with van der Waals surface area (Å²) in [5, 5.41) is 15.8. The van der Waals surface area contributed by atoms with Gasteiger partial charge in [-0.2, -0.15) is 0 Å². The third kappa shape index (κ3) is 6.71. The molecule has 3 N–H and O–H groups in total. The highest BCUT2D eigenvalue weighted by atomic mass is 19.2. The van der Waals surface area contributed by atoms with Crippen LogP contribution in [0.15, 0.2) is 34.7 Å². The fraction of sp³-hybridized carbons (Fsp3) is 0.348. The van der Waals surface area contributed by atoms with E-state index in [-0.39, 0.29) is 40.7 Å². The first-order valence-electron chi connectivity index (χ1n) is 10.6. The zero-order valence-corrected chi connectivity index (χ0v) is 19.2. The number of halogens is 3. The van der Waals surface area contributed by atoms with Crippen LogP contribution < -0.4 is 16.0 Å². The lowest BCUT2D eigenvalue weighted by molar-refractivity contribution is -0.123. The molecule has 3 aromatic rings. The van der Waals surface area contributed by atoms with Gasteiger partial charge in [-0.1, -0.05) is 38.9 Å². The zero-order valence-electron chi connectivity index (χ0n) is 19.2. The third-order valence-electron chi connectivity index (χ3n) is 4.36. The topological polar surface area (TPSA) is 92.1 Å². The molecule has 10 heteroatoms. The normalized spacial score (nSPS) is 10.5. The minimum Gasteiger partial charge on any atom is -0.403 e. The highest BCUT2D eigenvalue weighted by Gasteiger charge is 2.20. The van der Waals surface area contributed by atoms with E-state index in [4.69, 9.17) is 4.42 Å². The number of aromatic nitrogens is 2. The summed E-state index contributed by atoms with van der Waals surface area (Å²) < 4.78 is 48.1. The van der Waals surface area contributed by atoms with E-state index in [0.29, 0.717) is 18.7 Å². The molecule has 0 atom stereocenters. The van der Waals surface area contributed by atoms with Crippen molar-refractivity contribution in [1.82, 2.24) is 15.5 Å². The van der Waals surface area contributed by atoms with Gasteiger partial charge in [-0.3, -0.25) is 4.79 Å². The molecule has 0 aliphatic carbocycles. The molecule has 0 fully saturated rings. The first kappa shape index (κ1) is 25.7. The van der Waals surface area contributed by atoms with Crippen LogP contribution in [-0.2, 0) is 4.79 Å². The first-order chi connectivity index (χ1) is 15.8. The number of benzene rings is 2. The van der Waals surface area contributed by atoms with Gasteiger partial charge in [0.25, 0.3) is 5.89 Å². The Kier molecular flexibility index (Phi) is 9.26. The molecule has 2 aromatic carbocycles. The van der Waals surface area contributed by atoms with Crippen LogP contribution >= 0.6 is 0 Å². The summed E-state index contributed by atoms with van der Waals surface area (Å²) in [6.07, 6.45) is 0. The Morgan fingerprint density at radius 2 is 1.76 bits per heavy atom. The summed E-state index contributed by atoms with van der Waals surface area (Å²) in [5.41, 5.74) is 0.380. The van der Waals surface area contributed by atoms with Crippen molar-refractivity contribution in [3.63, 3.8) is 0 Å². The summed E-state index contributed by atoms with van der Waals surface area (Å²) in [6.45, 7) is 9.92. The van der Waals surface area contributed by atoms with E-state index in [0.717, 1.165) is 6.07 Å². The molecule has 3 rings (SSSR count). The largest absolute Gasteiger partial charge is 0.403 e. The Hall–Kier alpha value is -3.56. The summed E-state index contributed by atoms with van der Waals surface area (Å²) in [5.74, 6) is -3.26. The van der Waals surface area contributed by atoms with Crippen molar-refractivity contribution >= 4 is 23.3 Å². The molecule has 33 heavy (non-hydrogen) atoms. The third-order valence-corrected chi connectivity index (χ3v) is 4.36. The Morgan fingerprint density at radius 3 is 2.42 bits per heavy atom. The fourth-order valence-corrected chi connectivity index (χ4v) is 2.67. The number of rotatable bonds is 8. The Bertz CT molecular complexity index is 1090. The molecule has 0 unspecified atom stereocenters. The highest BCUT2D eigenvalue weighted by Crippen LogP contribution is 2.34. The average Bonchev–Trinajstić information content (AvgIpc) is 3.26. The van der Waals surface area contributed by atoms with Crippen LogP contribution in [0.3, 0.4) is 0 Å². The molecule has 7 nitrogen and oxygen atoms in total. The van der Waals surface area contributed by atoms with Crippen LogP contribution in [0.5, 0.6) is 0 Å². The molecular weight excluding hydrogens is 435 g/mol. The lowest BCUT2D eigenvalue weighted by Gasteiger charge is -2.12. The van der Waals surface area contributed by atoms with Crippen LogP contribution in [0.1, 0.15) is 33.3 Å². The molecule has 1 aromatic heterocycles. The number of nitrogens with zero attached hydrogens (tertiary/aromatic N) is 2. The van der Waals surface area contributed by atoms with Gasteiger partial charge in [-0.05, 0) is 36.8 Å². The lowest BCUT2D eigenvalue weighted by atomic mass is 10.1. The van der Waals surface area contributed by atoms with Gasteiger partial charge >= 0.3 is 6.01 Å². The van der Waals surface area contributed by atoms with Gasteiger partial charge in [-0.15, -0.1) is 5.10 Å². The summed E-state index contributed by atoms with van der Waals surface area (Å²) in [4.78, 5) is 11.5. The smallest absolute Gasteiger partial charge is 0.315 e. The van der Waals surface area contributed by atoms with E-state index < -0.39 is 17.5 Å². The predicted octanol–water partition coefficient (Wildman–Crippen LogP) is 5.42. The molecule has 0 saturated carbocycles. The maximum absolute atomic E-state index is 14.5. The maximum Gasteiger partial charge on any atom is 0.315 e. The fourth-order valence-electron chi connectivity index (χ4n) is 2.67. The molecule has 0 radical (unpaired) electrons. The van der Waals surface area contributed by atoms with Gasteiger partial charge in [0.1, 0.15) is 5.82 Å². The minimum atomic E-state index is -1.21. The van der Waals surface area contributed by atoms with Crippen LogP contribution in [-0.4, -0.2) is 29.2 Å². The van der Waals surface area contributed by atoms with Gasteiger partial charge in [-0.25, -0.2) is 13.2 Å². The number of hydrogen-bond acceptors (Lipinski definition) is 6. The maximum atomic E-state index is 14.5. The number of nitrogens with one attached hydrogen (secondary N) is 3. The SMILES string of the molecule is CC.Cc1ccc(Nc2c(-c3nnc(NCCNC(=O)C(C)C)o3)ccc(F)c2F)c(F)c1. The van der Waals surface area contributed by atoms with E-state index in [1.807, 2.05) is 13.8 Å². The second kappa shape index (κ2) is 11.9. The molecular formula is C23H28F3N5O2. The van der Waals surface area contributed by atoms with E-state index in [9.17, 15) is 18.0 Å². The standard InChI is InChI=1S/C21H22F3N5O2.C2H6/c1-11(2)19(30)25-8-9-26-21-29-28-20(31-21)13-5-6-14(22)17(24)18(13)27-16-7-4-12(3)10-15(16)23;1-2/h4-7,10-11,27H,8-9H2,1-3H3,(H,25,30)(H,26,29);1-2H3. The Balaban J connectivity index is 0.00000187. The number of aryl methyl sites for hydroxylation is 1. The van der Waals surface area contributed by atoms with Gasteiger partial charge in [0.05, 0.1) is 16.9 Å². The number of carbonyl (C=O) groups excluding carboxylic acids is 1. The van der Waals surface area contributed by atoms with Crippen LogP contribution in [0.25, 0.3) is 11.5 Å². The van der Waals surface area contributed by atoms with Crippen molar-refractivity contribution in [2.45, 2.75) is 34.6 Å². The molecule has 0 aliphatic rings. The Labute approximate surface area is 190 Å². The van der Waals surface area contributed by atoms with Crippen LogP contribution in [0, 0.1) is 30.3 Å². The summed E-state index contributed by atoms with van der Waals surface area (Å²) >= 11 is 0. The van der Waals surface area contributed by atoms with Crippen molar-refractivity contribution in [3.05, 3.63) is 53.3 Å². The summed E-state index contributed by atoms with van der Waals surface area (Å²) in [7, 11) is 0. The van der Waals surface area contributed by atoms with Crippen molar-refractivity contribution in [1.29, 1.82) is 0 Å². The molecule has 1 heterocycles. The molecule has 0 spiro atoms. The number of anilines is 3. The van der Waals surface area contributed by atoms with Crippen molar-refractivity contribution in [2.75, 3.05) is 23.7 Å². The van der Waals surface area contributed by atoms with Crippen molar-refractivity contribution < 1.29 is 22.4 Å². The number of carbonyl (C=O) groups is 1. The van der Waals surface area contributed by atoms with E-state index in [1.54, 1.807) is 26.8 Å². The van der Waals surface area contributed by atoms with Crippen LogP contribution in [0.2, 0.25) is 0 Å².